The lowest BCUT2D eigenvalue weighted by Gasteiger charge is -2.13. The molecular weight excluding hydrogens is 561 g/mol. The van der Waals surface area contributed by atoms with E-state index in [2.05, 4.69) is 52.9 Å². The average molecular weight is 579 g/mol. The average Bonchev–Trinajstić information content (AvgIpc) is 3.11. The lowest BCUT2D eigenvalue weighted by molar-refractivity contribution is -0.113. The maximum atomic E-state index is 12.9. The molecule has 162 valence electrons. The molecule has 0 N–H and O–H groups in total. The van der Waals surface area contributed by atoms with Gasteiger partial charge >= 0.3 is 0 Å². The van der Waals surface area contributed by atoms with Crippen LogP contribution in [0.5, 0.6) is 5.75 Å². The van der Waals surface area contributed by atoms with Crippen LogP contribution in [0.1, 0.15) is 11.1 Å². The van der Waals surface area contributed by atoms with E-state index in [1.807, 2.05) is 66.7 Å². The molecule has 0 saturated carbocycles. The molecule has 1 saturated heterocycles. The minimum absolute atomic E-state index is 0.0946. The molecular formula is C27H18INO2S2. The number of anilines is 1. The van der Waals surface area contributed by atoms with Crippen molar-refractivity contribution in [1.29, 1.82) is 0 Å². The molecule has 5 rings (SSSR count). The number of amides is 1. The molecule has 0 bridgehead atoms. The van der Waals surface area contributed by atoms with E-state index in [0.29, 0.717) is 15.8 Å². The Morgan fingerprint density at radius 1 is 0.909 bits per heavy atom. The van der Waals surface area contributed by atoms with Gasteiger partial charge in [0.05, 0.1) is 14.2 Å². The summed E-state index contributed by atoms with van der Waals surface area (Å²) in [5.41, 5.74) is 2.85. The first-order valence-corrected chi connectivity index (χ1v) is 12.6. The van der Waals surface area contributed by atoms with Crippen molar-refractivity contribution in [1.82, 2.24) is 0 Å². The van der Waals surface area contributed by atoms with Gasteiger partial charge in [0.2, 0.25) is 0 Å². The molecule has 33 heavy (non-hydrogen) atoms. The number of fused-ring (bicyclic) bond motifs is 1. The van der Waals surface area contributed by atoms with Crippen LogP contribution in [0.15, 0.2) is 95.9 Å². The first-order valence-electron chi connectivity index (χ1n) is 10.3. The van der Waals surface area contributed by atoms with Gasteiger partial charge in [0.15, 0.2) is 4.32 Å². The second kappa shape index (κ2) is 9.67. The molecule has 6 heteroatoms. The second-order valence-corrected chi connectivity index (χ2v) is 10.4. The van der Waals surface area contributed by atoms with Crippen LogP contribution in [0, 0.1) is 3.57 Å². The first-order chi connectivity index (χ1) is 16.1. The van der Waals surface area contributed by atoms with Gasteiger partial charge in [-0.2, -0.15) is 0 Å². The number of rotatable bonds is 5. The molecule has 4 aromatic rings. The summed E-state index contributed by atoms with van der Waals surface area (Å²) in [6, 6.07) is 30.1. The number of carbonyl (C=O) groups excluding carboxylic acids is 1. The van der Waals surface area contributed by atoms with Gasteiger partial charge in [0, 0.05) is 0 Å². The number of benzene rings is 4. The van der Waals surface area contributed by atoms with Gasteiger partial charge in [-0.15, -0.1) is 0 Å². The van der Waals surface area contributed by atoms with Crippen molar-refractivity contribution in [2.75, 3.05) is 4.90 Å². The molecule has 1 aliphatic heterocycles. The van der Waals surface area contributed by atoms with E-state index in [0.717, 1.165) is 26.1 Å². The molecule has 0 unspecified atom stereocenters. The molecule has 1 aliphatic rings. The van der Waals surface area contributed by atoms with E-state index in [-0.39, 0.29) is 5.91 Å². The maximum absolute atomic E-state index is 12.9. The Labute approximate surface area is 215 Å². The lowest BCUT2D eigenvalue weighted by Crippen LogP contribution is -2.27. The fourth-order valence-electron chi connectivity index (χ4n) is 3.63. The Hall–Kier alpha value is -2.68. The maximum Gasteiger partial charge on any atom is 0.270 e. The standard InChI is InChI=1S/C27H18INO2S2/c28-23-15-18(16-25-26(30)29(27(32)33-25)22-8-2-1-3-9-22)11-13-24(23)31-17-19-10-12-20-6-4-5-7-21(20)14-19/h1-16H,17H2/b25-16+. The molecule has 0 atom stereocenters. The summed E-state index contributed by atoms with van der Waals surface area (Å²) in [7, 11) is 0. The number of para-hydroxylation sites is 1. The number of halogens is 1. The zero-order chi connectivity index (χ0) is 22.8. The lowest BCUT2D eigenvalue weighted by atomic mass is 10.1. The van der Waals surface area contributed by atoms with Crippen molar-refractivity contribution >= 4 is 79.3 Å². The summed E-state index contributed by atoms with van der Waals surface area (Å²) in [4.78, 5) is 15.1. The highest BCUT2D eigenvalue weighted by Crippen LogP contribution is 2.36. The predicted octanol–water partition coefficient (Wildman–Crippen LogP) is 7.43. The summed E-state index contributed by atoms with van der Waals surface area (Å²) < 4.78 is 7.61. The van der Waals surface area contributed by atoms with E-state index >= 15 is 0 Å². The van der Waals surface area contributed by atoms with Crippen molar-refractivity contribution in [3.63, 3.8) is 0 Å². The van der Waals surface area contributed by atoms with Crippen molar-refractivity contribution in [3.8, 4) is 5.75 Å². The fourth-order valence-corrected chi connectivity index (χ4v) is 5.63. The minimum Gasteiger partial charge on any atom is -0.488 e. The third-order valence-electron chi connectivity index (χ3n) is 5.27. The Balaban J connectivity index is 1.31. The topological polar surface area (TPSA) is 29.5 Å². The molecule has 1 amide bonds. The number of hydrogen-bond acceptors (Lipinski definition) is 4. The zero-order valence-electron chi connectivity index (χ0n) is 17.4. The normalized spacial score (nSPS) is 14.9. The third-order valence-corrected chi connectivity index (χ3v) is 7.42. The van der Waals surface area contributed by atoms with E-state index in [1.165, 1.54) is 22.5 Å². The van der Waals surface area contributed by atoms with Gasteiger partial charge in [-0.25, -0.2) is 0 Å². The van der Waals surface area contributed by atoms with Crippen LogP contribution in [0.2, 0.25) is 0 Å². The summed E-state index contributed by atoms with van der Waals surface area (Å²) in [5.74, 6) is 0.723. The van der Waals surface area contributed by atoms with E-state index in [4.69, 9.17) is 17.0 Å². The van der Waals surface area contributed by atoms with Crippen LogP contribution >= 0.6 is 46.6 Å². The predicted molar refractivity (Wildman–Crippen MR) is 150 cm³/mol. The van der Waals surface area contributed by atoms with Gasteiger partial charge in [-0.3, -0.25) is 9.69 Å². The van der Waals surface area contributed by atoms with Crippen molar-refractivity contribution in [2.45, 2.75) is 6.61 Å². The second-order valence-electron chi connectivity index (χ2n) is 7.51. The number of ether oxygens (including phenoxy) is 1. The largest absolute Gasteiger partial charge is 0.488 e. The van der Waals surface area contributed by atoms with Crippen LogP contribution in [-0.2, 0) is 11.4 Å². The van der Waals surface area contributed by atoms with Gasteiger partial charge in [0.1, 0.15) is 12.4 Å². The summed E-state index contributed by atoms with van der Waals surface area (Å²) in [6.45, 7) is 0.496. The molecule has 4 aromatic carbocycles. The molecule has 0 aliphatic carbocycles. The van der Waals surface area contributed by atoms with Crippen LogP contribution in [0.4, 0.5) is 5.69 Å². The van der Waals surface area contributed by atoms with E-state index < -0.39 is 0 Å². The number of nitrogens with zero attached hydrogens (tertiary/aromatic N) is 1. The van der Waals surface area contributed by atoms with Gasteiger partial charge in [-0.1, -0.05) is 84.6 Å². The monoisotopic (exact) mass is 579 g/mol. The minimum atomic E-state index is -0.0946. The third kappa shape index (κ3) is 4.83. The molecule has 1 fully saturated rings. The highest BCUT2D eigenvalue weighted by Gasteiger charge is 2.33. The Morgan fingerprint density at radius 2 is 1.67 bits per heavy atom. The number of thioether (sulfide) groups is 1. The van der Waals surface area contributed by atoms with Crippen molar-refractivity contribution < 1.29 is 9.53 Å². The highest BCUT2D eigenvalue weighted by molar-refractivity contribution is 14.1. The van der Waals surface area contributed by atoms with Crippen LogP contribution in [0.25, 0.3) is 16.8 Å². The molecule has 0 radical (unpaired) electrons. The highest BCUT2D eigenvalue weighted by atomic mass is 127. The van der Waals surface area contributed by atoms with Gasteiger partial charge < -0.3 is 4.74 Å². The zero-order valence-corrected chi connectivity index (χ0v) is 21.2. The van der Waals surface area contributed by atoms with Crippen LogP contribution in [-0.4, -0.2) is 10.2 Å². The summed E-state index contributed by atoms with van der Waals surface area (Å²) in [5, 5.41) is 2.43. The molecule has 3 nitrogen and oxygen atoms in total. The summed E-state index contributed by atoms with van der Waals surface area (Å²) in [6.07, 6.45) is 1.89. The number of carbonyl (C=O) groups is 1. The fraction of sp³-hybridized carbons (Fsp3) is 0.0370. The molecule has 0 aromatic heterocycles. The summed E-state index contributed by atoms with van der Waals surface area (Å²) >= 11 is 9.05. The van der Waals surface area contributed by atoms with E-state index in [1.54, 1.807) is 4.90 Å². The van der Waals surface area contributed by atoms with E-state index in [9.17, 15) is 4.79 Å². The molecule has 1 heterocycles. The van der Waals surface area contributed by atoms with Crippen LogP contribution in [0.3, 0.4) is 0 Å². The Bertz CT molecular complexity index is 1400. The number of thiocarbonyl (C=S) groups is 1. The SMILES string of the molecule is O=C1/C(=C\c2ccc(OCc3ccc4ccccc4c3)c(I)c2)SC(=S)N1c1ccccc1. The van der Waals surface area contributed by atoms with Crippen molar-refractivity contribution in [3.05, 3.63) is 111 Å². The quantitative estimate of drug-likeness (QED) is 0.140. The van der Waals surface area contributed by atoms with Crippen molar-refractivity contribution in [2.24, 2.45) is 0 Å². The number of hydrogen-bond donors (Lipinski definition) is 0. The first kappa shape index (κ1) is 22.1. The molecule has 0 spiro atoms. The van der Waals surface area contributed by atoms with Gasteiger partial charge in [0.25, 0.3) is 5.91 Å². The Kier molecular flexibility index (Phi) is 6.48. The van der Waals surface area contributed by atoms with Crippen LogP contribution < -0.4 is 9.64 Å². The van der Waals surface area contributed by atoms with Gasteiger partial charge in [-0.05, 0) is 80.9 Å². The smallest absolute Gasteiger partial charge is 0.270 e. The Morgan fingerprint density at radius 3 is 2.45 bits per heavy atom.